The maximum Gasteiger partial charge on any atom is 0.242 e. The van der Waals surface area contributed by atoms with E-state index in [0.717, 1.165) is 30.6 Å². The minimum absolute atomic E-state index is 0.319. The highest BCUT2D eigenvalue weighted by atomic mass is 32.2. The summed E-state index contributed by atoms with van der Waals surface area (Å²) in [6.45, 7) is 5.54. The van der Waals surface area contributed by atoms with Crippen molar-refractivity contribution in [3.8, 4) is 0 Å². The summed E-state index contributed by atoms with van der Waals surface area (Å²) in [4.78, 5) is 0.401. The molecule has 0 radical (unpaired) electrons. The van der Waals surface area contributed by atoms with Crippen molar-refractivity contribution in [1.29, 1.82) is 0 Å². The minimum Gasteiger partial charge on any atom is -0.385 e. The molecular weight excluding hydrogens is 260 g/mol. The Morgan fingerprint density at radius 1 is 1.37 bits per heavy atom. The van der Waals surface area contributed by atoms with Crippen LogP contribution in [0.4, 0.5) is 5.69 Å². The van der Waals surface area contributed by atoms with E-state index in [-0.39, 0.29) is 0 Å². The predicted molar refractivity (Wildman–Crippen MR) is 77.9 cm³/mol. The molecule has 0 aliphatic carbocycles. The molecule has 0 aromatic heterocycles. The molecule has 1 heterocycles. The molecule has 1 aliphatic rings. The van der Waals surface area contributed by atoms with E-state index in [1.165, 1.54) is 4.31 Å². The number of hydrogen-bond acceptors (Lipinski definition) is 3. The molecule has 1 aromatic rings. The molecule has 5 heteroatoms. The van der Waals surface area contributed by atoms with Gasteiger partial charge < -0.3 is 5.32 Å². The Balaban J connectivity index is 2.30. The second-order valence-corrected chi connectivity index (χ2v) is 7.57. The van der Waals surface area contributed by atoms with Gasteiger partial charge in [-0.25, -0.2) is 12.7 Å². The third kappa shape index (κ3) is 3.09. The Bertz CT molecular complexity index is 553. The summed E-state index contributed by atoms with van der Waals surface area (Å²) in [6, 6.07) is 5.39. The molecule has 2 rings (SSSR count). The van der Waals surface area contributed by atoms with Crippen molar-refractivity contribution in [3.63, 3.8) is 0 Å². The minimum atomic E-state index is -3.36. The molecule has 1 aliphatic heterocycles. The van der Waals surface area contributed by atoms with E-state index in [0.29, 0.717) is 17.4 Å². The molecule has 4 nitrogen and oxygen atoms in total. The SMILES string of the molecule is CC(C)CN(C)S(=O)(=O)c1ccc2c(c1)CCCN2. The normalized spacial score (nSPS) is 15.4. The molecule has 106 valence electrons. The van der Waals surface area contributed by atoms with Crippen LogP contribution < -0.4 is 5.32 Å². The third-order valence-corrected chi connectivity index (χ3v) is 5.16. The Morgan fingerprint density at radius 2 is 2.11 bits per heavy atom. The van der Waals surface area contributed by atoms with Crippen LogP contribution in [0.3, 0.4) is 0 Å². The van der Waals surface area contributed by atoms with Crippen LogP contribution in [-0.2, 0) is 16.4 Å². The highest BCUT2D eigenvalue weighted by Crippen LogP contribution is 2.26. The van der Waals surface area contributed by atoms with Gasteiger partial charge in [0.05, 0.1) is 4.90 Å². The van der Waals surface area contributed by atoms with Gasteiger partial charge in [0.15, 0.2) is 0 Å². The molecule has 1 aromatic carbocycles. The lowest BCUT2D eigenvalue weighted by Crippen LogP contribution is -2.30. The van der Waals surface area contributed by atoms with Crippen molar-refractivity contribution in [2.75, 3.05) is 25.5 Å². The van der Waals surface area contributed by atoms with E-state index in [1.807, 2.05) is 26.0 Å². The number of rotatable bonds is 4. The lowest BCUT2D eigenvalue weighted by Gasteiger charge is -2.22. The monoisotopic (exact) mass is 282 g/mol. The maximum atomic E-state index is 12.5. The zero-order valence-corrected chi connectivity index (χ0v) is 12.6. The summed E-state index contributed by atoms with van der Waals surface area (Å²) >= 11 is 0. The zero-order valence-electron chi connectivity index (χ0n) is 11.8. The summed E-state index contributed by atoms with van der Waals surface area (Å²) in [7, 11) is -1.72. The number of fused-ring (bicyclic) bond motifs is 1. The van der Waals surface area contributed by atoms with Gasteiger partial charge in [0.2, 0.25) is 10.0 Å². The smallest absolute Gasteiger partial charge is 0.242 e. The van der Waals surface area contributed by atoms with Crippen LogP contribution in [0, 0.1) is 5.92 Å². The summed E-state index contributed by atoms with van der Waals surface area (Å²) in [5, 5.41) is 3.29. The number of hydrogen-bond donors (Lipinski definition) is 1. The Morgan fingerprint density at radius 3 is 2.79 bits per heavy atom. The molecule has 0 amide bonds. The number of benzene rings is 1. The number of nitrogens with one attached hydrogen (secondary N) is 1. The van der Waals surface area contributed by atoms with E-state index < -0.39 is 10.0 Å². The average molecular weight is 282 g/mol. The van der Waals surface area contributed by atoms with Crippen molar-refractivity contribution >= 4 is 15.7 Å². The van der Waals surface area contributed by atoms with Crippen LogP contribution in [0.2, 0.25) is 0 Å². The van der Waals surface area contributed by atoms with Gasteiger partial charge in [-0.05, 0) is 42.5 Å². The molecule has 0 bridgehead atoms. The van der Waals surface area contributed by atoms with Gasteiger partial charge in [0.25, 0.3) is 0 Å². The lowest BCUT2D eigenvalue weighted by molar-refractivity contribution is 0.417. The van der Waals surface area contributed by atoms with Crippen molar-refractivity contribution in [3.05, 3.63) is 23.8 Å². The molecule has 19 heavy (non-hydrogen) atoms. The molecule has 0 saturated heterocycles. The lowest BCUT2D eigenvalue weighted by atomic mass is 10.0. The van der Waals surface area contributed by atoms with E-state index in [9.17, 15) is 8.42 Å². The van der Waals surface area contributed by atoms with Gasteiger partial charge in [-0.2, -0.15) is 0 Å². The molecule has 0 spiro atoms. The van der Waals surface area contributed by atoms with E-state index in [4.69, 9.17) is 0 Å². The fraction of sp³-hybridized carbons (Fsp3) is 0.571. The summed E-state index contributed by atoms with van der Waals surface area (Å²) in [5.41, 5.74) is 2.17. The molecule has 0 atom stereocenters. The number of aryl methyl sites for hydroxylation is 1. The van der Waals surface area contributed by atoms with Gasteiger partial charge in [-0.15, -0.1) is 0 Å². The van der Waals surface area contributed by atoms with Crippen molar-refractivity contribution in [2.45, 2.75) is 31.6 Å². The third-order valence-electron chi connectivity index (χ3n) is 3.35. The Kier molecular flexibility index (Phi) is 4.16. The van der Waals surface area contributed by atoms with E-state index >= 15 is 0 Å². The zero-order chi connectivity index (χ0) is 14.0. The highest BCUT2D eigenvalue weighted by Gasteiger charge is 2.22. The van der Waals surface area contributed by atoms with Crippen LogP contribution in [0.5, 0.6) is 0 Å². The standard InChI is InChI=1S/C14H22N2O2S/c1-11(2)10-16(3)19(17,18)13-6-7-14-12(9-13)5-4-8-15-14/h6-7,9,11,15H,4-5,8,10H2,1-3H3. The van der Waals surface area contributed by atoms with Gasteiger partial charge >= 0.3 is 0 Å². The maximum absolute atomic E-state index is 12.5. The first-order valence-corrected chi connectivity index (χ1v) is 8.18. The van der Waals surface area contributed by atoms with Crippen molar-refractivity contribution in [2.24, 2.45) is 5.92 Å². The number of sulfonamides is 1. The topological polar surface area (TPSA) is 49.4 Å². The largest absolute Gasteiger partial charge is 0.385 e. The molecule has 0 unspecified atom stereocenters. The van der Waals surface area contributed by atoms with Crippen LogP contribution in [0.15, 0.2) is 23.1 Å². The summed E-state index contributed by atoms with van der Waals surface area (Å²) in [5.74, 6) is 0.319. The quantitative estimate of drug-likeness (QED) is 0.922. The summed E-state index contributed by atoms with van der Waals surface area (Å²) in [6.07, 6.45) is 2.00. The fourth-order valence-electron chi connectivity index (χ4n) is 2.40. The van der Waals surface area contributed by atoms with Gasteiger partial charge in [-0.1, -0.05) is 13.8 Å². The molecule has 0 fully saturated rings. The molecule has 0 saturated carbocycles. The highest BCUT2D eigenvalue weighted by molar-refractivity contribution is 7.89. The number of nitrogens with zero attached hydrogens (tertiary/aromatic N) is 1. The second-order valence-electron chi connectivity index (χ2n) is 5.53. The molecular formula is C14H22N2O2S. The first kappa shape index (κ1) is 14.3. The van der Waals surface area contributed by atoms with E-state index in [1.54, 1.807) is 13.1 Å². The summed E-state index contributed by atoms with van der Waals surface area (Å²) < 4.78 is 26.4. The first-order valence-electron chi connectivity index (χ1n) is 6.74. The Hall–Kier alpha value is -1.07. The second kappa shape index (κ2) is 5.51. The van der Waals surface area contributed by atoms with Crippen LogP contribution in [0.25, 0.3) is 0 Å². The van der Waals surface area contributed by atoms with Gasteiger partial charge in [-0.3, -0.25) is 0 Å². The van der Waals surface area contributed by atoms with Gasteiger partial charge in [0.1, 0.15) is 0 Å². The predicted octanol–water partition coefficient (Wildman–Crippen LogP) is 2.32. The first-order chi connectivity index (χ1) is 8.91. The van der Waals surface area contributed by atoms with Crippen LogP contribution in [-0.4, -0.2) is 32.9 Å². The van der Waals surface area contributed by atoms with Crippen molar-refractivity contribution < 1.29 is 8.42 Å². The van der Waals surface area contributed by atoms with Crippen LogP contribution >= 0.6 is 0 Å². The van der Waals surface area contributed by atoms with E-state index in [2.05, 4.69) is 5.32 Å². The average Bonchev–Trinajstić information content (AvgIpc) is 2.37. The Labute approximate surface area is 115 Å². The van der Waals surface area contributed by atoms with Gasteiger partial charge in [0, 0.05) is 25.8 Å². The number of anilines is 1. The fourth-order valence-corrected chi connectivity index (χ4v) is 3.79. The van der Waals surface area contributed by atoms with Crippen LogP contribution in [0.1, 0.15) is 25.8 Å². The molecule has 1 N–H and O–H groups in total. The van der Waals surface area contributed by atoms with Crippen molar-refractivity contribution in [1.82, 2.24) is 4.31 Å².